The molecule has 5 rings (SSSR count). The average molecular weight is 390 g/mol. The van der Waals surface area contributed by atoms with Crippen LogP contribution in [0.25, 0.3) is 21.0 Å². The number of anilines is 1. The Balaban J connectivity index is 1.23. The second-order valence-electron chi connectivity index (χ2n) is 7.35. The van der Waals surface area contributed by atoms with Gasteiger partial charge in [-0.15, -0.1) is 11.3 Å². The van der Waals surface area contributed by atoms with Gasteiger partial charge in [0.15, 0.2) is 0 Å². The number of rotatable bonds is 4. The lowest BCUT2D eigenvalue weighted by Gasteiger charge is -2.34. The molecule has 0 spiro atoms. The zero-order valence-corrected chi connectivity index (χ0v) is 16.5. The molecule has 1 aliphatic rings. The maximum atomic E-state index is 6.13. The number of aromatic nitrogens is 2. The number of fused-ring (bicyclic) bond motifs is 2. The van der Waals surface area contributed by atoms with E-state index in [1.807, 2.05) is 35.6 Å². The molecule has 0 aliphatic carbocycles. The Morgan fingerprint density at radius 1 is 0.821 bits per heavy atom. The van der Waals surface area contributed by atoms with E-state index in [4.69, 9.17) is 10.7 Å². The molecule has 0 unspecified atom stereocenters. The SMILES string of the molecule is Nc1nc(CN2CCN(Cc3csc4ccccc34)CC2)nc2ccccc12. The molecule has 0 atom stereocenters. The standard InChI is InChI=1S/C22H23N5S/c23-22-18-6-1-3-7-19(18)24-21(25-22)14-27-11-9-26(10-12-27)13-16-15-28-20-8-4-2-5-17(16)20/h1-8,15H,9-14H2,(H2,23,24,25). The smallest absolute Gasteiger partial charge is 0.145 e. The molecule has 0 amide bonds. The van der Waals surface area contributed by atoms with Crippen molar-refractivity contribution in [1.29, 1.82) is 0 Å². The molecule has 2 N–H and O–H groups in total. The minimum Gasteiger partial charge on any atom is -0.383 e. The van der Waals surface area contributed by atoms with Gasteiger partial charge in [0.05, 0.1) is 12.1 Å². The summed E-state index contributed by atoms with van der Waals surface area (Å²) in [5.41, 5.74) is 8.50. The first-order chi connectivity index (χ1) is 13.8. The fourth-order valence-corrected chi connectivity index (χ4v) is 4.88. The molecule has 1 fully saturated rings. The van der Waals surface area contributed by atoms with Crippen LogP contribution >= 0.6 is 11.3 Å². The highest BCUT2D eigenvalue weighted by Crippen LogP contribution is 2.27. The quantitative estimate of drug-likeness (QED) is 0.576. The Morgan fingerprint density at radius 3 is 2.32 bits per heavy atom. The van der Waals surface area contributed by atoms with Crippen LogP contribution in [0.1, 0.15) is 11.4 Å². The molecule has 1 aliphatic heterocycles. The van der Waals surface area contributed by atoms with Crippen LogP contribution < -0.4 is 5.73 Å². The first kappa shape index (κ1) is 17.6. The number of benzene rings is 2. The lowest BCUT2D eigenvalue weighted by atomic mass is 10.1. The van der Waals surface area contributed by atoms with E-state index in [-0.39, 0.29) is 0 Å². The molecule has 2 aromatic heterocycles. The van der Waals surface area contributed by atoms with E-state index in [0.717, 1.165) is 56.0 Å². The van der Waals surface area contributed by atoms with Crippen LogP contribution in [0.2, 0.25) is 0 Å². The summed E-state index contributed by atoms with van der Waals surface area (Å²) in [4.78, 5) is 14.2. The van der Waals surface area contributed by atoms with Crippen molar-refractivity contribution in [3.05, 3.63) is 65.3 Å². The van der Waals surface area contributed by atoms with Crippen molar-refractivity contribution in [2.75, 3.05) is 31.9 Å². The molecule has 142 valence electrons. The van der Waals surface area contributed by atoms with E-state index >= 15 is 0 Å². The van der Waals surface area contributed by atoms with Crippen molar-refractivity contribution in [1.82, 2.24) is 19.8 Å². The molecule has 1 saturated heterocycles. The number of hydrogen-bond acceptors (Lipinski definition) is 6. The molecule has 3 heterocycles. The third-order valence-corrected chi connectivity index (χ3v) is 6.48. The predicted octanol–water partition coefficient (Wildman–Crippen LogP) is 3.74. The second kappa shape index (κ2) is 7.47. The van der Waals surface area contributed by atoms with Crippen molar-refractivity contribution >= 4 is 38.1 Å². The van der Waals surface area contributed by atoms with Gasteiger partial charge in [-0.3, -0.25) is 9.80 Å². The number of nitrogens with two attached hydrogens (primary N) is 1. The van der Waals surface area contributed by atoms with Crippen LogP contribution in [0.3, 0.4) is 0 Å². The van der Waals surface area contributed by atoms with Crippen molar-refractivity contribution in [2.24, 2.45) is 0 Å². The van der Waals surface area contributed by atoms with Crippen LogP contribution in [0.15, 0.2) is 53.9 Å². The third-order valence-electron chi connectivity index (χ3n) is 5.46. The third kappa shape index (κ3) is 3.46. The normalized spacial score (nSPS) is 16.1. The number of nitrogen functional groups attached to an aromatic ring is 1. The first-order valence-electron chi connectivity index (χ1n) is 9.67. The maximum Gasteiger partial charge on any atom is 0.145 e. The largest absolute Gasteiger partial charge is 0.383 e. The number of nitrogens with zero attached hydrogens (tertiary/aromatic N) is 4. The lowest BCUT2D eigenvalue weighted by Crippen LogP contribution is -2.45. The molecule has 5 nitrogen and oxygen atoms in total. The second-order valence-corrected chi connectivity index (χ2v) is 8.26. The Kier molecular flexibility index (Phi) is 4.68. The zero-order chi connectivity index (χ0) is 18.9. The summed E-state index contributed by atoms with van der Waals surface area (Å²) in [5.74, 6) is 1.39. The van der Waals surface area contributed by atoms with Crippen molar-refractivity contribution in [3.63, 3.8) is 0 Å². The highest BCUT2D eigenvalue weighted by Gasteiger charge is 2.19. The van der Waals surface area contributed by atoms with Crippen molar-refractivity contribution in [3.8, 4) is 0 Å². The highest BCUT2D eigenvalue weighted by molar-refractivity contribution is 7.17. The minimum absolute atomic E-state index is 0.573. The van der Waals surface area contributed by atoms with Gasteiger partial charge in [0, 0.05) is 42.8 Å². The van der Waals surface area contributed by atoms with Crippen LogP contribution in [0.5, 0.6) is 0 Å². The minimum atomic E-state index is 0.573. The van der Waals surface area contributed by atoms with Gasteiger partial charge in [0.25, 0.3) is 0 Å². The number of hydrogen-bond donors (Lipinski definition) is 1. The van der Waals surface area contributed by atoms with Gasteiger partial charge >= 0.3 is 0 Å². The molecule has 2 aromatic carbocycles. The molecule has 4 aromatic rings. The molecule has 0 saturated carbocycles. The molecule has 28 heavy (non-hydrogen) atoms. The van der Waals surface area contributed by atoms with Gasteiger partial charge in [0.2, 0.25) is 0 Å². The zero-order valence-electron chi connectivity index (χ0n) is 15.7. The first-order valence-corrected chi connectivity index (χ1v) is 10.6. The summed E-state index contributed by atoms with van der Waals surface area (Å²) in [6, 6.07) is 16.6. The van der Waals surface area contributed by atoms with Crippen LogP contribution in [0.4, 0.5) is 5.82 Å². The maximum absolute atomic E-state index is 6.13. The molecule has 0 radical (unpaired) electrons. The molecular weight excluding hydrogens is 366 g/mol. The average Bonchev–Trinajstić information content (AvgIpc) is 3.13. The van der Waals surface area contributed by atoms with E-state index in [0.29, 0.717) is 5.82 Å². The summed E-state index contributed by atoms with van der Waals surface area (Å²) in [7, 11) is 0. The monoisotopic (exact) mass is 389 g/mol. The number of thiophene rings is 1. The van der Waals surface area contributed by atoms with E-state index in [2.05, 4.69) is 44.4 Å². The number of para-hydroxylation sites is 1. The number of piperazine rings is 1. The van der Waals surface area contributed by atoms with Crippen molar-refractivity contribution in [2.45, 2.75) is 13.1 Å². The summed E-state index contributed by atoms with van der Waals surface area (Å²) in [6.07, 6.45) is 0. The van der Waals surface area contributed by atoms with Crippen molar-refractivity contribution < 1.29 is 0 Å². The topological polar surface area (TPSA) is 58.3 Å². The van der Waals surface area contributed by atoms with Gasteiger partial charge < -0.3 is 5.73 Å². The fraction of sp³-hybridized carbons (Fsp3) is 0.273. The molecular formula is C22H23N5S. The summed E-state index contributed by atoms with van der Waals surface area (Å²) in [5, 5.41) is 4.64. The Bertz CT molecular complexity index is 1110. The van der Waals surface area contributed by atoms with E-state index in [9.17, 15) is 0 Å². The van der Waals surface area contributed by atoms with Gasteiger partial charge in [-0.05, 0) is 34.5 Å². The lowest BCUT2D eigenvalue weighted by molar-refractivity contribution is 0.120. The molecule has 0 bridgehead atoms. The van der Waals surface area contributed by atoms with Gasteiger partial charge in [-0.2, -0.15) is 0 Å². The van der Waals surface area contributed by atoms with E-state index in [1.165, 1.54) is 15.6 Å². The molecule has 6 heteroatoms. The summed E-state index contributed by atoms with van der Waals surface area (Å²) >= 11 is 1.84. The van der Waals surface area contributed by atoms with Crippen LogP contribution in [-0.2, 0) is 13.1 Å². The summed E-state index contributed by atoms with van der Waals surface area (Å²) in [6.45, 7) is 5.96. The van der Waals surface area contributed by atoms with Crippen LogP contribution in [-0.4, -0.2) is 45.9 Å². The van der Waals surface area contributed by atoms with Gasteiger partial charge in [-0.1, -0.05) is 30.3 Å². The highest BCUT2D eigenvalue weighted by atomic mass is 32.1. The van der Waals surface area contributed by atoms with Gasteiger partial charge in [-0.25, -0.2) is 9.97 Å². The summed E-state index contributed by atoms with van der Waals surface area (Å²) < 4.78 is 1.38. The Hall–Kier alpha value is -2.54. The Morgan fingerprint density at radius 2 is 1.50 bits per heavy atom. The van der Waals surface area contributed by atoms with E-state index in [1.54, 1.807) is 0 Å². The van der Waals surface area contributed by atoms with E-state index < -0.39 is 0 Å². The Labute approximate surface area is 168 Å². The van der Waals surface area contributed by atoms with Crippen LogP contribution in [0, 0.1) is 0 Å². The predicted molar refractivity (Wildman–Crippen MR) is 116 cm³/mol. The fourth-order valence-electron chi connectivity index (χ4n) is 3.92. The van der Waals surface area contributed by atoms with Gasteiger partial charge in [0.1, 0.15) is 11.6 Å².